The summed E-state index contributed by atoms with van der Waals surface area (Å²) in [6.07, 6.45) is 8.10. The van der Waals surface area contributed by atoms with Crippen LogP contribution in [0.1, 0.15) is 62.2 Å². The van der Waals surface area contributed by atoms with Crippen LogP contribution in [0.2, 0.25) is 0 Å². The maximum absolute atomic E-state index is 10.3. The summed E-state index contributed by atoms with van der Waals surface area (Å²) >= 11 is 0. The molecule has 1 fully saturated rings. The number of aliphatic hydroxyl groups excluding tert-OH is 1. The molecule has 2 unspecified atom stereocenters. The molecule has 2 nitrogen and oxygen atoms in total. The van der Waals surface area contributed by atoms with Crippen LogP contribution in [-0.4, -0.2) is 17.7 Å². The predicted octanol–water partition coefficient (Wildman–Crippen LogP) is 3.93. The molecule has 2 atom stereocenters. The van der Waals surface area contributed by atoms with Crippen LogP contribution in [0.3, 0.4) is 0 Å². The second kappa shape index (κ2) is 7.61. The highest BCUT2D eigenvalue weighted by Gasteiger charge is 2.18. The van der Waals surface area contributed by atoms with Crippen molar-refractivity contribution in [1.29, 1.82) is 0 Å². The van der Waals surface area contributed by atoms with Gasteiger partial charge in [0.1, 0.15) is 0 Å². The van der Waals surface area contributed by atoms with E-state index >= 15 is 0 Å². The van der Waals surface area contributed by atoms with Gasteiger partial charge in [0.05, 0.1) is 6.10 Å². The van der Waals surface area contributed by atoms with Crippen LogP contribution in [0.4, 0.5) is 0 Å². The SMILES string of the molecule is C=CCNC(C)C(O)c1ccc(C2CCCCC2)cc1. The van der Waals surface area contributed by atoms with Crippen molar-refractivity contribution in [2.75, 3.05) is 6.54 Å². The lowest BCUT2D eigenvalue weighted by Gasteiger charge is -2.23. The van der Waals surface area contributed by atoms with E-state index in [-0.39, 0.29) is 6.04 Å². The molecule has 2 rings (SSSR count). The van der Waals surface area contributed by atoms with E-state index in [1.54, 1.807) is 0 Å². The van der Waals surface area contributed by atoms with Crippen molar-refractivity contribution in [3.8, 4) is 0 Å². The summed E-state index contributed by atoms with van der Waals surface area (Å²) in [7, 11) is 0. The minimum Gasteiger partial charge on any atom is -0.387 e. The normalized spacial score (nSPS) is 19.5. The molecule has 1 aromatic rings. The van der Waals surface area contributed by atoms with E-state index in [0.717, 1.165) is 18.0 Å². The fourth-order valence-electron chi connectivity index (χ4n) is 3.07. The molecule has 0 radical (unpaired) electrons. The summed E-state index contributed by atoms with van der Waals surface area (Å²) in [4.78, 5) is 0. The smallest absolute Gasteiger partial charge is 0.0940 e. The Labute approximate surface area is 122 Å². The largest absolute Gasteiger partial charge is 0.387 e. The van der Waals surface area contributed by atoms with Crippen LogP contribution in [-0.2, 0) is 0 Å². The Bertz CT molecular complexity index is 406. The molecule has 0 spiro atoms. The Kier molecular flexibility index (Phi) is 5.81. The van der Waals surface area contributed by atoms with Crippen LogP contribution < -0.4 is 5.32 Å². The second-order valence-corrected chi connectivity index (χ2v) is 5.93. The van der Waals surface area contributed by atoms with Gasteiger partial charge in [0.15, 0.2) is 0 Å². The molecule has 1 aliphatic rings. The van der Waals surface area contributed by atoms with Gasteiger partial charge in [0, 0.05) is 12.6 Å². The van der Waals surface area contributed by atoms with E-state index in [2.05, 4.69) is 36.2 Å². The summed E-state index contributed by atoms with van der Waals surface area (Å²) in [5.41, 5.74) is 2.43. The second-order valence-electron chi connectivity index (χ2n) is 5.93. The van der Waals surface area contributed by atoms with Crippen LogP contribution >= 0.6 is 0 Å². The number of benzene rings is 1. The Morgan fingerprint density at radius 1 is 1.25 bits per heavy atom. The standard InChI is InChI=1S/C18H27NO/c1-3-13-19-14(2)18(20)17-11-9-16(10-12-17)15-7-5-4-6-8-15/h3,9-12,14-15,18-20H,1,4-8,13H2,2H3. The summed E-state index contributed by atoms with van der Waals surface area (Å²) in [5.74, 6) is 0.728. The average Bonchev–Trinajstić information content (AvgIpc) is 2.53. The van der Waals surface area contributed by atoms with E-state index in [1.807, 2.05) is 13.0 Å². The third kappa shape index (κ3) is 3.94. The monoisotopic (exact) mass is 273 g/mol. The highest BCUT2D eigenvalue weighted by molar-refractivity contribution is 5.27. The lowest BCUT2D eigenvalue weighted by molar-refractivity contribution is 0.138. The molecule has 2 N–H and O–H groups in total. The highest BCUT2D eigenvalue weighted by atomic mass is 16.3. The molecule has 0 amide bonds. The minimum atomic E-state index is -0.463. The van der Waals surface area contributed by atoms with Crippen LogP contribution in [0.15, 0.2) is 36.9 Å². The van der Waals surface area contributed by atoms with Crippen molar-refractivity contribution in [2.45, 2.75) is 57.1 Å². The van der Waals surface area contributed by atoms with E-state index in [0.29, 0.717) is 0 Å². The number of rotatable bonds is 6. The zero-order chi connectivity index (χ0) is 14.4. The molecule has 1 saturated carbocycles. The molecular weight excluding hydrogens is 246 g/mol. The first kappa shape index (κ1) is 15.3. The molecule has 1 aliphatic carbocycles. The van der Waals surface area contributed by atoms with E-state index in [9.17, 15) is 5.11 Å². The zero-order valence-electron chi connectivity index (χ0n) is 12.5. The minimum absolute atomic E-state index is 0.0357. The van der Waals surface area contributed by atoms with E-state index in [4.69, 9.17) is 0 Å². The number of hydrogen-bond donors (Lipinski definition) is 2. The lowest BCUT2D eigenvalue weighted by Crippen LogP contribution is -2.32. The van der Waals surface area contributed by atoms with Crippen molar-refractivity contribution < 1.29 is 5.11 Å². The Morgan fingerprint density at radius 3 is 2.50 bits per heavy atom. The topological polar surface area (TPSA) is 32.3 Å². The molecular formula is C18H27NO. The first-order valence-electron chi connectivity index (χ1n) is 7.84. The first-order chi connectivity index (χ1) is 9.72. The van der Waals surface area contributed by atoms with Gasteiger partial charge in [-0.3, -0.25) is 0 Å². The predicted molar refractivity (Wildman–Crippen MR) is 84.9 cm³/mol. The Morgan fingerprint density at radius 2 is 1.90 bits per heavy atom. The van der Waals surface area contributed by atoms with Gasteiger partial charge in [0.25, 0.3) is 0 Å². The third-order valence-corrected chi connectivity index (χ3v) is 4.41. The first-order valence-corrected chi connectivity index (χ1v) is 7.84. The maximum atomic E-state index is 10.3. The van der Waals surface area contributed by atoms with Crippen LogP contribution in [0, 0.1) is 0 Å². The third-order valence-electron chi connectivity index (χ3n) is 4.41. The lowest BCUT2D eigenvalue weighted by atomic mass is 9.83. The molecule has 1 aromatic carbocycles. The van der Waals surface area contributed by atoms with Crippen LogP contribution in [0.25, 0.3) is 0 Å². The van der Waals surface area contributed by atoms with Crippen molar-refractivity contribution in [3.63, 3.8) is 0 Å². The number of nitrogens with one attached hydrogen (secondary N) is 1. The fraction of sp³-hybridized carbons (Fsp3) is 0.556. The van der Waals surface area contributed by atoms with Gasteiger partial charge in [-0.05, 0) is 36.8 Å². The molecule has 0 heterocycles. The summed E-state index contributed by atoms with van der Waals surface area (Å²) in [6.45, 7) is 6.41. The van der Waals surface area contributed by atoms with Gasteiger partial charge in [-0.15, -0.1) is 6.58 Å². The molecule has 0 saturated heterocycles. The van der Waals surface area contributed by atoms with Crippen molar-refractivity contribution in [2.24, 2.45) is 0 Å². The van der Waals surface area contributed by atoms with E-state index < -0.39 is 6.10 Å². The highest BCUT2D eigenvalue weighted by Crippen LogP contribution is 2.33. The molecule has 0 aliphatic heterocycles. The summed E-state index contributed by atoms with van der Waals surface area (Å²) < 4.78 is 0. The maximum Gasteiger partial charge on any atom is 0.0940 e. The summed E-state index contributed by atoms with van der Waals surface area (Å²) in [6, 6.07) is 8.61. The van der Waals surface area contributed by atoms with Gasteiger partial charge in [-0.2, -0.15) is 0 Å². The number of hydrogen-bond acceptors (Lipinski definition) is 2. The van der Waals surface area contributed by atoms with E-state index in [1.165, 1.54) is 37.7 Å². The molecule has 110 valence electrons. The van der Waals surface area contributed by atoms with Crippen molar-refractivity contribution in [1.82, 2.24) is 5.32 Å². The Hall–Kier alpha value is -1.12. The Balaban J connectivity index is 1.97. The van der Waals surface area contributed by atoms with Gasteiger partial charge >= 0.3 is 0 Å². The molecule has 0 bridgehead atoms. The zero-order valence-corrected chi connectivity index (χ0v) is 12.5. The molecule has 0 aromatic heterocycles. The van der Waals surface area contributed by atoms with Gasteiger partial charge in [0.2, 0.25) is 0 Å². The van der Waals surface area contributed by atoms with Crippen molar-refractivity contribution in [3.05, 3.63) is 48.0 Å². The van der Waals surface area contributed by atoms with Crippen molar-refractivity contribution >= 4 is 0 Å². The fourth-order valence-corrected chi connectivity index (χ4v) is 3.07. The number of aliphatic hydroxyl groups is 1. The molecule has 20 heavy (non-hydrogen) atoms. The van der Waals surface area contributed by atoms with Gasteiger partial charge < -0.3 is 10.4 Å². The van der Waals surface area contributed by atoms with Gasteiger partial charge in [-0.25, -0.2) is 0 Å². The average molecular weight is 273 g/mol. The quantitative estimate of drug-likeness (QED) is 0.770. The molecule has 2 heteroatoms. The van der Waals surface area contributed by atoms with Gasteiger partial charge in [-0.1, -0.05) is 49.6 Å². The van der Waals surface area contributed by atoms with Crippen LogP contribution in [0.5, 0.6) is 0 Å². The summed E-state index contributed by atoms with van der Waals surface area (Å²) in [5, 5.41) is 13.6.